The lowest BCUT2D eigenvalue weighted by molar-refractivity contribution is -0.119. The number of imidazole rings is 1. The fourth-order valence-electron chi connectivity index (χ4n) is 3.32. The molecule has 0 aromatic carbocycles. The van der Waals surface area contributed by atoms with Gasteiger partial charge in [-0.3, -0.25) is 9.48 Å². The van der Waals surface area contributed by atoms with Crippen LogP contribution in [-0.4, -0.2) is 37.0 Å². The summed E-state index contributed by atoms with van der Waals surface area (Å²) in [7, 11) is 1.88. The molecule has 1 amide bonds. The summed E-state index contributed by atoms with van der Waals surface area (Å²) in [5.41, 5.74) is 3.22. The smallest absolute Gasteiger partial charge is 0.240 e. The average molecular weight is 345 g/mol. The van der Waals surface area contributed by atoms with Crippen LogP contribution in [0.1, 0.15) is 43.1 Å². The molecule has 4 rings (SSSR count). The number of rotatable bonds is 4. The topological polar surface area (TPSA) is 56.0 Å². The standard InChI is InChI=1S/C17H23N5OS/c1-11-12(2)22(13-6-7-13)17(19-11)24-15-5-4-8-21(16(15)23)14-9-18-20(3)10-14/h9-10,13,15H,4-8H2,1-3H3/t15-/m0/s1. The Balaban J connectivity index is 1.56. The molecule has 1 saturated carbocycles. The second-order valence-corrected chi connectivity index (χ2v) is 7.95. The summed E-state index contributed by atoms with van der Waals surface area (Å²) in [6.07, 6.45) is 8.06. The molecule has 1 atom stereocenters. The summed E-state index contributed by atoms with van der Waals surface area (Å²) >= 11 is 1.64. The van der Waals surface area contributed by atoms with Gasteiger partial charge in [0.05, 0.1) is 22.8 Å². The summed E-state index contributed by atoms with van der Waals surface area (Å²) in [4.78, 5) is 19.6. The van der Waals surface area contributed by atoms with Crippen LogP contribution in [0.3, 0.4) is 0 Å². The Bertz CT molecular complexity index is 776. The number of hydrogen-bond donors (Lipinski definition) is 0. The van der Waals surface area contributed by atoms with Gasteiger partial charge in [-0.25, -0.2) is 4.98 Å². The molecule has 2 aromatic heterocycles. The van der Waals surface area contributed by atoms with Crippen LogP contribution in [0.15, 0.2) is 17.6 Å². The predicted octanol–water partition coefficient (Wildman–Crippen LogP) is 2.86. The van der Waals surface area contributed by atoms with Crippen LogP contribution < -0.4 is 4.90 Å². The number of carbonyl (C=O) groups is 1. The lowest BCUT2D eigenvalue weighted by Crippen LogP contribution is -2.43. The number of anilines is 1. The normalized spacial score (nSPS) is 21.5. The maximum Gasteiger partial charge on any atom is 0.240 e. The highest BCUT2D eigenvalue weighted by Gasteiger charge is 2.34. The van der Waals surface area contributed by atoms with E-state index in [1.165, 1.54) is 18.5 Å². The Morgan fingerprint density at radius 2 is 2.04 bits per heavy atom. The molecule has 1 aliphatic heterocycles. The zero-order valence-corrected chi connectivity index (χ0v) is 15.2. The lowest BCUT2D eigenvalue weighted by Gasteiger charge is -2.30. The SMILES string of the molecule is Cc1nc(S[C@H]2CCCN(c3cnn(C)c3)C2=O)n(C2CC2)c1C. The molecule has 128 valence electrons. The van der Waals surface area contributed by atoms with Gasteiger partial charge in [-0.15, -0.1) is 0 Å². The van der Waals surface area contributed by atoms with E-state index in [0.717, 1.165) is 35.9 Å². The average Bonchev–Trinajstić information content (AvgIpc) is 3.23. The van der Waals surface area contributed by atoms with Crippen LogP contribution in [0, 0.1) is 13.8 Å². The number of aromatic nitrogens is 4. The van der Waals surface area contributed by atoms with Crippen LogP contribution in [0.4, 0.5) is 5.69 Å². The Hall–Kier alpha value is -1.76. The molecule has 0 radical (unpaired) electrons. The zero-order valence-electron chi connectivity index (χ0n) is 14.4. The molecule has 2 fully saturated rings. The molecule has 0 unspecified atom stereocenters. The van der Waals surface area contributed by atoms with Gasteiger partial charge in [0.2, 0.25) is 5.91 Å². The van der Waals surface area contributed by atoms with Crippen molar-refractivity contribution >= 4 is 23.4 Å². The molecule has 2 aromatic rings. The second-order valence-electron chi connectivity index (χ2n) is 6.78. The Kier molecular flexibility index (Phi) is 3.90. The van der Waals surface area contributed by atoms with Crippen molar-refractivity contribution in [1.29, 1.82) is 0 Å². The van der Waals surface area contributed by atoms with Crippen LogP contribution in [0.5, 0.6) is 0 Å². The van der Waals surface area contributed by atoms with E-state index < -0.39 is 0 Å². The van der Waals surface area contributed by atoms with E-state index in [1.807, 2.05) is 18.1 Å². The third kappa shape index (κ3) is 2.75. The van der Waals surface area contributed by atoms with Crippen LogP contribution in [0.2, 0.25) is 0 Å². The van der Waals surface area contributed by atoms with Crippen LogP contribution in [0.25, 0.3) is 0 Å². The summed E-state index contributed by atoms with van der Waals surface area (Å²) < 4.78 is 4.09. The largest absolute Gasteiger partial charge is 0.320 e. The van der Waals surface area contributed by atoms with Crippen molar-refractivity contribution in [3.8, 4) is 0 Å². The van der Waals surface area contributed by atoms with E-state index in [0.29, 0.717) is 6.04 Å². The number of nitrogens with zero attached hydrogens (tertiary/aromatic N) is 5. The number of amides is 1. The molecule has 0 bridgehead atoms. The number of carbonyl (C=O) groups excluding carboxylic acids is 1. The number of thioether (sulfide) groups is 1. The first-order chi connectivity index (χ1) is 11.5. The first kappa shape index (κ1) is 15.7. The van der Waals surface area contributed by atoms with Gasteiger partial charge in [0.15, 0.2) is 5.16 Å². The van der Waals surface area contributed by atoms with Crippen molar-refractivity contribution in [3.63, 3.8) is 0 Å². The molecule has 2 aliphatic rings. The summed E-state index contributed by atoms with van der Waals surface area (Å²) in [6, 6.07) is 0.585. The van der Waals surface area contributed by atoms with Gasteiger partial charge in [0.1, 0.15) is 0 Å². The van der Waals surface area contributed by atoms with Gasteiger partial charge in [0, 0.05) is 31.5 Å². The third-order valence-electron chi connectivity index (χ3n) is 4.91. The molecule has 24 heavy (non-hydrogen) atoms. The third-order valence-corrected chi connectivity index (χ3v) is 6.13. The van der Waals surface area contributed by atoms with Gasteiger partial charge >= 0.3 is 0 Å². The monoisotopic (exact) mass is 345 g/mol. The van der Waals surface area contributed by atoms with Crippen molar-refractivity contribution in [2.75, 3.05) is 11.4 Å². The van der Waals surface area contributed by atoms with Gasteiger partial charge in [-0.1, -0.05) is 11.8 Å². The Morgan fingerprint density at radius 1 is 1.25 bits per heavy atom. The molecule has 1 saturated heterocycles. The molecule has 3 heterocycles. The van der Waals surface area contributed by atoms with Gasteiger partial charge in [-0.05, 0) is 39.5 Å². The van der Waals surface area contributed by atoms with Gasteiger partial charge < -0.3 is 9.47 Å². The minimum absolute atomic E-state index is 0.0577. The van der Waals surface area contributed by atoms with E-state index in [2.05, 4.69) is 23.5 Å². The van der Waals surface area contributed by atoms with Crippen molar-refractivity contribution < 1.29 is 4.79 Å². The molecule has 0 spiro atoms. The molecule has 6 nitrogen and oxygen atoms in total. The van der Waals surface area contributed by atoms with Crippen LogP contribution in [-0.2, 0) is 11.8 Å². The highest BCUT2D eigenvalue weighted by molar-refractivity contribution is 8.00. The zero-order chi connectivity index (χ0) is 16.8. The molecular weight excluding hydrogens is 322 g/mol. The fourth-order valence-corrected chi connectivity index (χ4v) is 4.68. The van der Waals surface area contributed by atoms with E-state index in [1.54, 1.807) is 22.6 Å². The number of hydrogen-bond acceptors (Lipinski definition) is 4. The van der Waals surface area contributed by atoms with Crippen molar-refractivity contribution in [2.45, 2.75) is 56.0 Å². The summed E-state index contributed by atoms with van der Waals surface area (Å²) in [6.45, 7) is 4.97. The maximum atomic E-state index is 13.0. The fraction of sp³-hybridized carbons (Fsp3) is 0.588. The van der Waals surface area contributed by atoms with E-state index in [4.69, 9.17) is 4.98 Å². The van der Waals surface area contributed by atoms with Crippen molar-refractivity contribution in [2.24, 2.45) is 7.05 Å². The summed E-state index contributed by atoms with van der Waals surface area (Å²) in [5.74, 6) is 0.180. The maximum absolute atomic E-state index is 13.0. The van der Waals surface area contributed by atoms with Gasteiger partial charge in [0.25, 0.3) is 0 Å². The Morgan fingerprint density at radius 3 is 2.71 bits per heavy atom. The minimum Gasteiger partial charge on any atom is -0.320 e. The highest BCUT2D eigenvalue weighted by Crippen LogP contribution is 2.42. The highest BCUT2D eigenvalue weighted by atomic mass is 32.2. The number of aryl methyl sites for hydroxylation is 2. The van der Waals surface area contributed by atoms with E-state index in [9.17, 15) is 4.79 Å². The molecule has 7 heteroatoms. The predicted molar refractivity (Wildman–Crippen MR) is 94.4 cm³/mol. The lowest BCUT2D eigenvalue weighted by atomic mass is 10.1. The Labute approximate surface area is 146 Å². The molecular formula is C17H23N5OS. The first-order valence-electron chi connectivity index (χ1n) is 8.56. The van der Waals surface area contributed by atoms with Crippen molar-refractivity contribution in [1.82, 2.24) is 19.3 Å². The van der Waals surface area contributed by atoms with E-state index >= 15 is 0 Å². The quantitative estimate of drug-likeness (QED) is 0.855. The number of piperidine rings is 1. The van der Waals surface area contributed by atoms with E-state index in [-0.39, 0.29) is 11.2 Å². The molecule has 0 N–H and O–H groups in total. The summed E-state index contributed by atoms with van der Waals surface area (Å²) in [5, 5.41) is 5.15. The first-order valence-corrected chi connectivity index (χ1v) is 9.44. The van der Waals surface area contributed by atoms with Crippen molar-refractivity contribution in [3.05, 3.63) is 23.8 Å². The minimum atomic E-state index is -0.0577. The van der Waals surface area contributed by atoms with Crippen LogP contribution >= 0.6 is 11.8 Å². The van der Waals surface area contributed by atoms with Gasteiger partial charge in [-0.2, -0.15) is 5.10 Å². The molecule has 1 aliphatic carbocycles. The second kappa shape index (κ2) is 5.95.